The molecule has 0 atom stereocenters. The fourth-order valence-corrected chi connectivity index (χ4v) is 4.56. The van der Waals surface area contributed by atoms with Crippen molar-refractivity contribution in [2.24, 2.45) is 0 Å². The molecule has 1 aromatic rings. The second-order valence-corrected chi connectivity index (χ2v) is 7.88. The number of hydrogen-bond acceptors (Lipinski definition) is 4. The number of anilines is 1. The molecule has 3 N–H and O–H groups in total. The van der Waals surface area contributed by atoms with Gasteiger partial charge in [0, 0.05) is 12.8 Å². The lowest BCUT2D eigenvalue weighted by Gasteiger charge is -2.35. The Kier molecular flexibility index (Phi) is 5.96. The summed E-state index contributed by atoms with van der Waals surface area (Å²) in [6.45, 7) is 7.57. The van der Waals surface area contributed by atoms with Crippen molar-refractivity contribution in [1.29, 1.82) is 0 Å². The summed E-state index contributed by atoms with van der Waals surface area (Å²) < 4.78 is 0. The molecule has 3 rings (SSSR count). The molecular formula is C16H29N5OS+2. The minimum absolute atomic E-state index is 0.0718. The first-order valence-corrected chi connectivity index (χ1v) is 9.86. The Morgan fingerprint density at radius 1 is 1.17 bits per heavy atom. The van der Waals surface area contributed by atoms with Crippen LogP contribution in [0.15, 0.2) is 0 Å². The Hall–Kier alpha value is -1.05. The first-order valence-electron chi connectivity index (χ1n) is 9.05. The molecule has 0 aliphatic carbocycles. The van der Waals surface area contributed by atoms with E-state index in [2.05, 4.69) is 15.5 Å². The van der Waals surface area contributed by atoms with Gasteiger partial charge in [0.25, 0.3) is 5.91 Å². The maximum atomic E-state index is 12.2. The summed E-state index contributed by atoms with van der Waals surface area (Å²) in [6.07, 6.45) is 7.59. The molecule has 2 saturated heterocycles. The third-order valence-corrected chi connectivity index (χ3v) is 6.18. The monoisotopic (exact) mass is 339 g/mol. The number of rotatable bonds is 5. The molecule has 0 saturated carbocycles. The smallest absolute Gasteiger partial charge is 0.281 e. The molecule has 1 amide bonds. The van der Waals surface area contributed by atoms with Crippen molar-refractivity contribution in [1.82, 2.24) is 10.2 Å². The lowest BCUT2D eigenvalue weighted by molar-refractivity contribution is -0.958. The molecule has 0 unspecified atom stereocenters. The minimum atomic E-state index is 0.0718. The van der Waals surface area contributed by atoms with Crippen LogP contribution in [0.2, 0.25) is 0 Å². The Balaban J connectivity index is 1.40. The van der Waals surface area contributed by atoms with Gasteiger partial charge >= 0.3 is 0 Å². The van der Waals surface area contributed by atoms with Crippen molar-refractivity contribution in [2.75, 3.05) is 38.0 Å². The van der Waals surface area contributed by atoms with Crippen LogP contribution >= 0.6 is 11.3 Å². The third-order valence-electron chi connectivity index (χ3n) is 5.19. The van der Waals surface area contributed by atoms with E-state index in [-0.39, 0.29) is 5.91 Å². The average molecular weight is 340 g/mol. The van der Waals surface area contributed by atoms with Crippen LogP contribution in [0.3, 0.4) is 0 Å². The van der Waals surface area contributed by atoms with E-state index in [9.17, 15) is 4.79 Å². The van der Waals surface area contributed by atoms with E-state index < -0.39 is 0 Å². The number of piperidine rings is 2. The number of nitrogens with one attached hydrogen (secondary N) is 3. The number of carbonyl (C=O) groups excluding carboxylic acids is 1. The Morgan fingerprint density at radius 2 is 1.91 bits per heavy atom. The zero-order valence-electron chi connectivity index (χ0n) is 14.1. The molecule has 6 nitrogen and oxygen atoms in total. The number of aryl methyl sites for hydroxylation is 1. The molecule has 7 heteroatoms. The minimum Gasteiger partial charge on any atom is -0.332 e. The van der Waals surface area contributed by atoms with Gasteiger partial charge in [-0.2, -0.15) is 0 Å². The number of hydrogen-bond donors (Lipinski definition) is 3. The number of nitrogens with zero attached hydrogens (tertiary/aromatic N) is 2. The van der Waals surface area contributed by atoms with E-state index in [1.807, 2.05) is 11.8 Å². The summed E-state index contributed by atoms with van der Waals surface area (Å²) in [7, 11) is 0. The van der Waals surface area contributed by atoms with E-state index in [4.69, 9.17) is 0 Å². The SMILES string of the molecule is CCc1nnc(NC(=O)C[NH+]2CCC([NH+]3CCCCC3)CC2)s1. The predicted octanol–water partition coefficient (Wildman–Crippen LogP) is -0.845. The topological polar surface area (TPSA) is 63.8 Å². The maximum Gasteiger partial charge on any atom is 0.281 e. The van der Waals surface area contributed by atoms with Crippen LogP contribution in [0.4, 0.5) is 5.13 Å². The van der Waals surface area contributed by atoms with Crippen LogP contribution in [-0.2, 0) is 11.2 Å². The van der Waals surface area contributed by atoms with E-state index in [1.54, 1.807) is 0 Å². The van der Waals surface area contributed by atoms with Crippen molar-refractivity contribution >= 4 is 22.4 Å². The molecule has 2 aliphatic rings. The predicted molar refractivity (Wildman–Crippen MR) is 91.1 cm³/mol. The number of carbonyl (C=O) groups is 1. The highest BCUT2D eigenvalue weighted by atomic mass is 32.1. The molecule has 0 radical (unpaired) electrons. The van der Waals surface area contributed by atoms with Crippen molar-refractivity contribution in [2.45, 2.75) is 51.5 Å². The first kappa shape index (κ1) is 16.8. The fourth-order valence-electron chi connectivity index (χ4n) is 3.86. The molecule has 3 heterocycles. The van der Waals surface area contributed by atoms with Crippen LogP contribution in [0, 0.1) is 0 Å². The molecule has 0 spiro atoms. The maximum absolute atomic E-state index is 12.2. The molecule has 0 aromatic carbocycles. The summed E-state index contributed by atoms with van der Waals surface area (Å²) in [5, 5.41) is 12.6. The van der Waals surface area contributed by atoms with Gasteiger partial charge in [-0.15, -0.1) is 10.2 Å². The first-order chi connectivity index (χ1) is 11.2. The van der Waals surface area contributed by atoms with Gasteiger partial charge in [0.15, 0.2) is 6.54 Å². The van der Waals surface area contributed by atoms with Gasteiger partial charge in [-0.3, -0.25) is 10.1 Å². The van der Waals surface area contributed by atoms with E-state index >= 15 is 0 Å². The number of amides is 1. The summed E-state index contributed by atoms with van der Waals surface area (Å²) in [6, 6.07) is 0.831. The number of aromatic nitrogens is 2. The lowest BCUT2D eigenvalue weighted by Crippen LogP contribution is -3.21. The summed E-state index contributed by atoms with van der Waals surface area (Å²) in [4.78, 5) is 15.4. The van der Waals surface area contributed by atoms with Crippen molar-refractivity contribution in [3.8, 4) is 0 Å². The number of quaternary nitrogens is 2. The molecular weight excluding hydrogens is 310 g/mol. The third kappa shape index (κ3) is 4.71. The Bertz CT molecular complexity index is 506. The van der Waals surface area contributed by atoms with Gasteiger partial charge in [0.05, 0.1) is 32.2 Å². The second kappa shape index (κ2) is 8.17. The van der Waals surface area contributed by atoms with Gasteiger partial charge in [-0.25, -0.2) is 0 Å². The standard InChI is InChI=1S/C16H27N5OS/c1-2-15-18-19-16(23-15)17-14(22)12-20-10-6-13(7-11-20)21-8-4-3-5-9-21/h13H,2-12H2,1H3,(H,17,19,22)/p+2. The molecule has 0 bridgehead atoms. The molecule has 2 aliphatic heterocycles. The normalized spacial score (nSPS) is 26.1. The molecule has 1 aromatic heterocycles. The fraction of sp³-hybridized carbons (Fsp3) is 0.812. The highest BCUT2D eigenvalue weighted by Gasteiger charge is 2.31. The van der Waals surface area contributed by atoms with Crippen LogP contribution in [-0.4, -0.2) is 54.9 Å². The van der Waals surface area contributed by atoms with E-state index in [1.165, 1.54) is 61.4 Å². The van der Waals surface area contributed by atoms with Crippen molar-refractivity contribution in [3.63, 3.8) is 0 Å². The molecule has 2 fully saturated rings. The zero-order valence-corrected chi connectivity index (χ0v) is 14.9. The van der Waals surface area contributed by atoms with Gasteiger partial charge in [-0.1, -0.05) is 18.3 Å². The summed E-state index contributed by atoms with van der Waals surface area (Å²) in [5.74, 6) is 0.0718. The van der Waals surface area contributed by atoms with Gasteiger partial charge in [0.2, 0.25) is 5.13 Å². The Morgan fingerprint density at radius 3 is 2.57 bits per heavy atom. The quantitative estimate of drug-likeness (QED) is 0.655. The highest BCUT2D eigenvalue weighted by Crippen LogP contribution is 2.14. The van der Waals surface area contributed by atoms with Crippen LogP contribution in [0.1, 0.15) is 44.0 Å². The lowest BCUT2D eigenvalue weighted by atomic mass is 10.00. The van der Waals surface area contributed by atoms with Crippen molar-refractivity contribution < 1.29 is 14.6 Å². The van der Waals surface area contributed by atoms with Crippen LogP contribution < -0.4 is 15.1 Å². The van der Waals surface area contributed by atoms with Gasteiger partial charge < -0.3 is 9.80 Å². The zero-order chi connectivity index (χ0) is 16.1. The van der Waals surface area contributed by atoms with Crippen LogP contribution in [0.25, 0.3) is 0 Å². The molecule has 23 heavy (non-hydrogen) atoms. The van der Waals surface area contributed by atoms with E-state index in [0.29, 0.717) is 11.7 Å². The van der Waals surface area contributed by atoms with Crippen LogP contribution in [0.5, 0.6) is 0 Å². The van der Waals surface area contributed by atoms with Crippen molar-refractivity contribution in [3.05, 3.63) is 5.01 Å². The summed E-state index contributed by atoms with van der Waals surface area (Å²) in [5.41, 5.74) is 0. The largest absolute Gasteiger partial charge is 0.332 e. The average Bonchev–Trinajstić information content (AvgIpc) is 3.04. The highest BCUT2D eigenvalue weighted by molar-refractivity contribution is 7.15. The van der Waals surface area contributed by atoms with Gasteiger partial charge in [-0.05, 0) is 25.7 Å². The number of likely N-dealkylation sites (tertiary alicyclic amines) is 2. The van der Waals surface area contributed by atoms with E-state index in [0.717, 1.165) is 30.6 Å². The second-order valence-electron chi connectivity index (χ2n) is 6.82. The molecule has 128 valence electrons. The Labute approximate surface area is 142 Å². The summed E-state index contributed by atoms with van der Waals surface area (Å²) >= 11 is 1.48. The van der Waals surface area contributed by atoms with Gasteiger partial charge in [0.1, 0.15) is 5.01 Å².